The largest absolute Gasteiger partial charge is 0.478 e. The number of hydrogen-bond acceptors (Lipinski definition) is 3. The Hall–Kier alpha value is -2.44. The van der Waals surface area contributed by atoms with Gasteiger partial charge in [0, 0.05) is 13.0 Å². The van der Waals surface area contributed by atoms with E-state index < -0.39 is 11.8 Å². The normalized spacial score (nSPS) is 17.0. The fourth-order valence-corrected chi connectivity index (χ4v) is 3.33. The number of aromatic carboxylic acids is 1. The lowest BCUT2D eigenvalue weighted by atomic mass is 10.0. The van der Waals surface area contributed by atoms with Gasteiger partial charge in [-0.3, -0.25) is 4.79 Å². The number of morpholine rings is 1. The van der Waals surface area contributed by atoms with Crippen LogP contribution in [-0.4, -0.2) is 41.6 Å². The number of carbonyl (C=O) groups is 2. The number of ether oxygens (including phenoxy) is 1. The Labute approximate surface area is 161 Å². The van der Waals surface area contributed by atoms with Gasteiger partial charge in [0.25, 0.3) is 0 Å². The van der Waals surface area contributed by atoms with E-state index in [2.05, 4.69) is 0 Å². The van der Waals surface area contributed by atoms with Crippen molar-refractivity contribution in [1.29, 1.82) is 0 Å². The van der Waals surface area contributed by atoms with Crippen LogP contribution in [0.5, 0.6) is 0 Å². The van der Waals surface area contributed by atoms with Crippen LogP contribution >= 0.6 is 11.6 Å². The van der Waals surface area contributed by atoms with Gasteiger partial charge in [0.2, 0.25) is 5.91 Å². The minimum Gasteiger partial charge on any atom is -0.478 e. The minimum absolute atomic E-state index is 0.0184. The van der Waals surface area contributed by atoms with Gasteiger partial charge in [-0.2, -0.15) is 0 Å². The van der Waals surface area contributed by atoms with Gasteiger partial charge in [-0.05, 0) is 35.7 Å². The van der Waals surface area contributed by atoms with Gasteiger partial charge >= 0.3 is 5.97 Å². The van der Waals surface area contributed by atoms with Gasteiger partial charge < -0.3 is 14.7 Å². The van der Waals surface area contributed by atoms with Crippen LogP contribution in [0.4, 0.5) is 4.39 Å². The molecule has 2 aromatic rings. The number of amides is 1. The van der Waals surface area contributed by atoms with E-state index in [1.807, 2.05) is 0 Å². The number of carboxylic acid groups (broad SMARTS) is 1. The predicted molar refractivity (Wildman–Crippen MR) is 98.4 cm³/mol. The highest BCUT2D eigenvalue weighted by atomic mass is 35.5. The fraction of sp³-hybridized carbons (Fsp3) is 0.300. The van der Waals surface area contributed by atoms with Crippen molar-refractivity contribution in [2.24, 2.45) is 0 Å². The van der Waals surface area contributed by atoms with Crippen LogP contribution in [0.2, 0.25) is 5.02 Å². The second-order valence-electron chi connectivity index (χ2n) is 6.34. The van der Waals surface area contributed by atoms with Crippen molar-refractivity contribution in [3.05, 3.63) is 70.0 Å². The molecule has 0 bridgehead atoms. The van der Waals surface area contributed by atoms with E-state index in [-0.39, 0.29) is 29.0 Å². The van der Waals surface area contributed by atoms with Crippen molar-refractivity contribution in [3.8, 4) is 0 Å². The van der Waals surface area contributed by atoms with Crippen LogP contribution < -0.4 is 0 Å². The zero-order valence-corrected chi connectivity index (χ0v) is 15.3. The third-order valence-electron chi connectivity index (χ3n) is 4.59. The molecule has 1 heterocycles. The number of halogens is 2. The number of rotatable bonds is 5. The highest BCUT2D eigenvalue weighted by Gasteiger charge is 2.26. The lowest BCUT2D eigenvalue weighted by molar-refractivity contribution is -0.139. The monoisotopic (exact) mass is 391 g/mol. The van der Waals surface area contributed by atoms with Crippen molar-refractivity contribution in [2.45, 2.75) is 18.9 Å². The molecule has 27 heavy (non-hydrogen) atoms. The van der Waals surface area contributed by atoms with E-state index in [4.69, 9.17) is 16.3 Å². The molecule has 1 aliphatic rings. The maximum Gasteiger partial charge on any atom is 0.335 e. The molecule has 0 aliphatic carbocycles. The molecule has 0 radical (unpaired) electrons. The van der Waals surface area contributed by atoms with E-state index >= 15 is 0 Å². The average Bonchev–Trinajstić information content (AvgIpc) is 2.68. The van der Waals surface area contributed by atoms with E-state index in [0.717, 1.165) is 5.56 Å². The molecule has 1 fully saturated rings. The summed E-state index contributed by atoms with van der Waals surface area (Å²) in [6, 6.07) is 11.1. The summed E-state index contributed by atoms with van der Waals surface area (Å²) in [6.45, 7) is 1.18. The Balaban J connectivity index is 1.63. The Kier molecular flexibility index (Phi) is 6.08. The lowest BCUT2D eigenvalue weighted by Crippen LogP contribution is -2.42. The number of carbonyl (C=O) groups excluding carboxylic acids is 1. The smallest absolute Gasteiger partial charge is 0.335 e. The third-order valence-corrected chi connectivity index (χ3v) is 4.88. The first kappa shape index (κ1) is 19.3. The van der Waals surface area contributed by atoms with Crippen molar-refractivity contribution in [2.75, 3.05) is 19.7 Å². The predicted octanol–water partition coefficient (Wildman–Crippen LogP) is 3.71. The molecule has 142 valence electrons. The molecule has 1 unspecified atom stereocenters. The van der Waals surface area contributed by atoms with Crippen LogP contribution in [0.3, 0.4) is 0 Å². The number of nitrogens with zero attached hydrogens (tertiary/aromatic N) is 1. The van der Waals surface area contributed by atoms with E-state index in [0.29, 0.717) is 31.7 Å². The minimum atomic E-state index is -1.00. The van der Waals surface area contributed by atoms with Crippen molar-refractivity contribution in [1.82, 2.24) is 4.90 Å². The Morgan fingerprint density at radius 2 is 2.04 bits per heavy atom. The molecule has 1 saturated heterocycles. The van der Waals surface area contributed by atoms with Gasteiger partial charge in [0.05, 0.1) is 23.7 Å². The molecule has 5 nitrogen and oxygen atoms in total. The summed E-state index contributed by atoms with van der Waals surface area (Å²) in [5.41, 5.74) is 1.56. The molecule has 0 saturated carbocycles. The summed E-state index contributed by atoms with van der Waals surface area (Å²) in [7, 11) is 0. The summed E-state index contributed by atoms with van der Waals surface area (Å²) in [6.07, 6.45) is 0.194. The van der Waals surface area contributed by atoms with Crippen LogP contribution in [0, 0.1) is 5.82 Å². The number of aryl methyl sites for hydroxylation is 1. The maximum atomic E-state index is 13.3. The zero-order valence-electron chi connectivity index (χ0n) is 14.5. The summed E-state index contributed by atoms with van der Waals surface area (Å²) >= 11 is 5.83. The van der Waals surface area contributed by atoms with Crippen LogP contribution in [0.15, 0.2) is 42.5 Å². The SMILES string of the molecule is O=C(O)c1ccccc1CCC(=O)N1CCOC(c2ccc(F)c(Cl)c2)C1. The highest BCUT2D eigenvalue weighted by molar-refractivity contribution is 6.30. The summed E-state index contributed by atoms with van der Waals surface area (Å²) < 4.78 is 19.0. The Bertz CT molecular complexity index is 858. The number of benzene rings is 2. The number of carboxylic acids is 1. The van der Waals surface area contributed by atoms with Crippen LogP contribution in [0.25, 0.3) is 0 Å². The molecule has 1 amide bonds. The molecule has 7 heteroatoms. The lowest BCUT2D eigenvalue weighted by Gasteiger charge is -2.33. The molecule has 1 atom stereocenters. The summed E-state index contributed by atoms with van der Waals surface area (Å²) in [4.78, 5) is 25.5. The van der Waals surface area contributed by atoms with Gasteiger partial charge in [0.15, 0.2) is 0 Å². The van der Waals surface area contributed by atoms with Gasteiger partial charge in [-0.15, -0.1) is 0 Å². The first-order valence-corrected chi connectivity index (χ1v) is 8.99. The molecule has 0 aromatic heterocycles. The fourth-order valence-electron chi connectivity index (χ4n) is 3.14. The second-order valence-corrected chi connectivity index (χ2v) is 6.74. The first-order valence-electron chi connectivity index (χ1n) is 8.61. The highest BCUT2D eigenvalue weighted by Crippen LogP contribution is 2.26. The van der Waals surface area contributed by atoms with Gasteiger partial charge in [0.1, 0.15) is 11.9 Å². The van der Waals surface area contributed by atoms with E-state index in [1.54, 1.807) is 29.2 Å². The van der Waals surface area contributed by atoms with Crippen molar-refractivity contribution in [3.63, 3.8) is 0 Å². The third kappa shape index (κ3) is 4.64. The van der Waals surface area contributed by atoms with Gasteiger partial charge in [-0.1, -0.05) is 35.9 Å². The Morgan fingerprint density at radius 3 is 2.78 bits per heavy atom. The maximum absolute atomic E-state index is 13.3. The summed E-state index contributed by atoms with van der Waals surface area (Å²) in [5.74, 6) is -1.57. The second kappa shape index (κ2) is 8.50. The first-order chi connectivity index (χ1) is 13.0. The Morgan fingerprint density at radius 1 is 1.26 bits per heavy atom. The molecule has 1 aliphatic heterocycles. The molecule has 3 rings (SSSR count). The topological polar surface area (TPSA) is 66.8 Å². The molecular formula is C20H19ClFNO4. The van der Waals surface area contributed by atoms with E-state index in [1.165, 1.54) is 18.2 Å². The zero-order chi connectivity index (χ0) is 19.4. The van der Waals surface area contributed by atoms with Crippen molar-refractivity contribution < 1.29 is 23.8 Å². The number of hydrogen-bond donors (Lipinski definition) is 1. The quantitative estimate of drug-likeness (QED) is 0.843. The van der Waals surface area contributed by atoms with Crippen molar-refractivity contribution >= 4 is 23.5 Å². The van der Waals surface area contributed by atoms with Gasteiger partial charge in [-0.25, -0.2) is 9.18 Å². The molecule has 1 N–H and O–H groups in total. The average molecular weight is 392 g/mol. The summed E-state index contributed by atoms with van der Waals surface area (Å²) in [5, 5.41) is 9.25. The molecule has 2 aromatic carbocycles. The van der Waals surface area contributed by atoms with E-state index in [9.17, 15) is 19.1 Å². The van der Waals surface area contributed by atoms with Crippen LogP contribution in [0.1, 0.15) is 34.0 Å². The molecular weight excluding hydrogens is 373 g/mol. The molecule has 0 spiro atoms. The standard InChI is InChI=1S/C20H19ClFNO4/c21-16-11-14(5-7-17(16)22)18-12-23(9-10-27-18)19(24)8-6-13-3-1-2-4-15(13)20(25)26/h1-5,7,11,18H,6,8-10,12H2,(H,25,26). The van der Waals surface area contributed by atoms with Crippen LogP contribution in [-0.2, 0) is 16.0 Å².